The van der Waals surface area contributed by atoms with E-state index in [1.807, 2.05) is 0 Å². The second-order valence-electron chi connectivity index (χ2n) is 5.17. The van der Waals surface area contributed by atoms with Crippen molar-refractivity contribution in [2.24, 2.45) is 0 Å². The van der Waals surface area contributed by atoms with Crippen molar-refractivity contribution >= 4 is 33.2 Å². The maximum Gasteiger partial charge on any atom is 0.242 e. The maximum atomic E-state index is 12.4. The van der Waals surface area contributed by atoms with Gasteiger partial charge in [0.25, 0.3) is 0 Å². The number of sulfonamides is 1. The molecule has 2 N–H and O–H groups in total. The molecule has 2 rings (SSSR count). The third-order valence-corrected chi connectivity index (χ3v) is 5.86. The average molecular weight is 338 g/mol. The second kappa shape index (κ2) is 6.20. The Morgan fingerprint density at radius 3 is 2.60 bits per heavy atom. The molecule has 112 valence electrons. The van der Waals surface area contributed by atoms with Crippen LogP contribution in [0.4, 0.5) is 0 Å². The number of rotatable bonds is 3. The van der Waals surface area contributed by atoms with E-state index in [0.717, 1.165) is 19.3 Å². The third-order valence-electron chi connectivity index (χ3n) is 3.47. The van der Waals surface area contributed by atoms with Crippen LogP contribution in [-0.4, -0.2) is 25.7 Å². The first-order chi connectivity index (χ1) is 9.29. The lowest BCUT2D eigenvalue weighted by Crippen LogP contribution is -2.39. The molecule has 0 aromatic heterocycles. The van der Waals surface area contributed by atoms with Gasteiger partial charge in [-0.15, -0.1) is 0 Å². The van der Waals surface area contributed by atoms with Crippen molar-refractivity contribution in [3.63, 3.8) is 0 Å². The lowest BCUT2D eigenvalue weighted by Gasteiger charge is -2.26. The molecule has 0 saturated heterocycles. The molecule has 7 heteroatoms. The Bertz CT molecular complexity index is 604. The van der Waals surface area contributed by atoms with Crippen LogP contribution in [0.25, 0.3) is 0 Å². The fourth-order valence-corrected chi connectivity index (χ4v) is 4.51. The predicted octanol–water partition coefficient (Wildman–Crippen LogP) is 2.88. The Morgan fingerprint density at radius 2 is 1.95 bits per heavy atom. The van der Waals surface area contributed by atoms with Gasteiger partial charge in [0.15, 0.2) is 0 Å². The summed E-state index contributed by atoms with van der Waals surface area (Å²) in [4.78, 5) is 0.0288. The number of benzene rings is 1. The van der Waals surface area contributed by atoms with Crippen LogP contribution in [0.5, 0.6) is 0 Å². The molecule has 0 unspecified atom stereocenters. The van der Waals surface area contributed by atoms with Gasteiger partial charge >= 0.3 is 0 Å². The van der Waals surface area contributed by atoms with Crippen LogP contribution in [0.3, 0.4) is 0 Å². The molecule has 0 radical (unpaired) electrons. The minimum Gasteiger partial charge on any atom is -0.393 e. The Labute approximate surface area is 129 Å². The zero-order chi connectivity index (χ0) is 14.9. The fraction of sp³-hybridized carbons (Fsp3) is 0.538. The van der Waals surface area contributed by atoms with Crippen molar-refractivity contribution in [3.05, 3.63) is 27.7 Å². The summed E-state index contributed by atoms with van der Waals surface area (Å²) < 4.78 is 27.4. The van der Waals surface area contributed by atoms with E-state index in [9.17, 15) is 13.5 Å². The molecule has 1 aliphatic carbocycles. The van der Waals surface area contributed by atoms with E-state index < -0.39 is 16.1 Å². The Balaban J connectivity index is 2.24. The van der Waals surface area contributed by atoms with Gasteiger partial charge in [0.1, 0.15) is 4.90 Å². The standard InChI is InChI=1S/C13H17Cl2NO3S/c1-8-5-13(12(15)7-11(8)14)20(18,19)16-9-3-2-4-10(17)6-9/h5,7,9-10,16-17H,2-4,6H2,1H3/t9-,10+/m0/s1. The van der Waals surface area contributed by atoms with Crippen molar-refractivity contribution < 1.29 is 13.5 Å². The van der Waals surface area contributed by atoms with Gasteiger partial charge in [0.2, 0.25) is 10.0 Å². The fourth-order valence-electron chi connectivity index (χ4n) is 2.39. The predicted molar refractivity (Wildman–Crippen MR) is 79.8 cm³/mol. The number of aliphatic hydroxyl groups excluding tert-OH is 1. The molecule has 1 aliphatic rings. The molecule has 1 fully saturated rings. The van der Waals surface area contributed by atoms with Crippen molar-refractivity contribution in [3.8, 4) is 0 Å². The highest BCUT2D eigenvalue weighted by Crippen LogP contribution is 2.29. The van der Waals surface area contributed by atoms with E-state index in [4.69, 9.17) is 23.2 Å². The van der Waals surface area contributed by atoms with Crippen LogP contribution in [0.15, 0.2) is 17.0 Å². The highest BCUT2D eigenvalue weighted by Gasteiger charge is 2.27. The molecule has 0 spiro atoms. The highest BCUT2D eigenvalue weighted by molar-refractivity contribution is 7.89. The molecule has 4 nitrogen and oxygen atoms in total. The number of halogens is 2. The van der Waals surface area contributed by atoms with E-state index in [1.54, 1.807) is 6.92 Å². The molecule has 0 heterocycles. The Kier molecular flexibility index (Phi) is 4.97. The maximum absolute atomic E-state index is 12.4. The van der Waals surface area contributed by atoms with Crippen LogP contribution >= 0.6 is 23.2 Å². The van der Waals surface area contributed by atoms with Gasteiger partial charge in [-0.2, -0.15) is 0 Å². The molecule has 2 atom stereocenters. The van der Waals surface area contributed by atoms with E-state index in [1.165, 1.54) is 12.1 Å². The van der Waals surface area contributed by atoms with E-state index in [0.29, 0.717) is 17.0 Å². The van der Waals surface area contributed by atoms with Gasteiger partial charge in [-0.05, 0) is 50.3 Å². The summed E-state index contributed by atoms with van der Waals surface area (Å²) in [5, 5.41) is 10.1. The summed E-state index contributed by atoms with van der Waals surface area (Å²) >= 11 is 11.9. The monoisotopic (exact) mass is 337 g/mol. The number of hydrogen-bond acceptors (Lipinski definition) is 3. The zero-order valence-electron chi connectivity index (χ0n) is 11.1. The molecular formula is C13H17Cl2NO3S. The Hall–Kier alpha value is -0.330. The van der Waals surface area contributed by atoms with Crippen LogP contribution in [-0.2, 0) is 10.0 Å². The largest absolute Gasteiger partial charge is 0.393 e. The molecule has 1 aromatic carbocycles. The van der Waals surface area contributed by atoms with Gasteiger partial charge < -0.3 is 5.11 Å². The number of aryl methyl sites for hydroxylation is 1. The van der Waals surface area contributed by atoms with Gasteiger partial charge in [0, 0.05) is 11.1 Å². The van der Waals surface area contributed by atoms with Crippen molar-refractivity contribution in [1.82, 2.24) is 4.72 Å². The van der Waals surface area contributed by atoms with E-state index in [2.05, 4.69) is 4.72 Å². The molecule has 0 aliphatic heterocycles. The highest BCUT2D eigenvalue weighted by atomic mass is 35.5. The first-order valence-corrected chi connectivity index (χ1v) is 8.69. The normalized spacial score (nSPS) is 23.8. The number of aliphatic hydroxyl groups is 1. The van der Waals surface area contributed by atoms with Gasteiger partial charge in [-0.25, -0.2) is 13.1 Å². The minimum atomic E-state index is -3.70. The van der Waals surface area contributed by atoms with E-state index >= 15 is 0 Å². The molecule has 0 amide bonds. The van der Waals surface area contributed by atoms with Crippen LogP contribution < -0.4 is 4.72 Å². The molecule has 20 heavy (non-hydrogen) atoms. The zero-order valence-corrected chi connectivity index (χ0v) is 13.4. The lowest BCUT2D eigenvalue weighted by atomic mass is 9.94. The molecule has 1 aromatic rings. The van der Waals surface area contributed by atoms with Gasteiger partial charge in [-0.3, -0.25) is 0 Å². The van der Waals surface area contributed by atoms with Gasteiger partial charge in [-0.1, -0.05) is 23.2 Å². The van der Waals surface area contributed by atoms with Crippen LogP contribution in [0.2, 0.25) is 10.0 Å². The second-order valence-corrected chi connectivity index (χ2v) is 7.67. The third kappa shape index (κ3) is 3.65. The summed E-state index contributed by atoms with van der Waals surface area (Å²) in [6.45, 7) is 1.72. The molecule has 1 saturated carbocycles. The first-order valence-electron chi connectivity index (χ1n) is 6.45. The Morgan fingerprint density at radius 1 is 1.25 bits per heavy atom. The van der Waals surface area contributed by atoms with Crippen LogP contribution in [0, 0.1) is 6.92 Å². The summed E-state index contributed by atoms with van der Waals surface area (Å²) in [5.41, 5.74) is 0.653. The molecular weight excluding hydrogens is 321 g/mol. The topological polar surface area (TPSA) is 66.4 Å². The van der Waals surface area contributed by atoms with Crippen molar-refractivity contribution in [1.29, 1.82) is 0 Å². The number of nitrogens with one attached hydrogen (secondary N) is 1. The molecule has 0 bridgehead atoms. The van der Waals surface area contributed by atoms with Crippen molar-refractivity contribution in [2.75, 3.05) is 0 Å². The number of hydrogen-bond donors (Lipinski definition) is 2. The summed E-state index contributed by atoms with van der Waals surface area (Å²) in [6.07, 6.45) is 2.24. The SMILES string of the molecule is Cc1cc(S(=O)(=O)N[C@H]2CCC[C@@H](O)C2)c(Cl)cc1Cl. The quantitative estimate of drug-likeness (QED) is 0.891. The van der Waals surface area contributed by atoms with Crippen LogP contribution in [0.1, 0.15) is 31.2 Å². The smallest absolute Gasteiger partial charge is 0.242 e. The average Bonchev–Trinajstić information content (AvgIpc) is 2.33. The minimum absolute atomic E-state index is 0.0288. The first kappa shape index (κ1) is 16.0. The lowest BCUT2D eigenvalue weighted by molar-refractivity contribution is 0.117. The van der Waals surface area contributed by atoms with Gasteiger partial charge in [0.05, 0.1) is 11.1 Å². The summed E-state index contributed by atoms with van der Waals surface area (Å²) in [5.74, 6) is 0. The van der Waals surface area contributed by atoms with E-state index in [-0.39, 0.29) is 16.0 Å². The van der Waals surface area contributed by atoms with Crippen molar-refractivity contribution in [2.45, 2.75) is 49.6 Å². The summed E-state index contributed by atoms with van der Waals surface area (Å²) in [7, 11) is -3.70. The summed E-state index contributed by atoms with van der Waals surface area (Å²) in [6, 6.07) is 2.64.